The molecule has 1 fully saturated rings. The minimum atomic E-state index is -0.380. The molecule has 0 saturated carbocycles. The molecule has 6 rings (SSSR count). The summed E-state index contributed by atoms with van der Waals surface area (Å²) in [5.74, 6) is 1.49. The van der Waals surface area contributed by atoms with Gasteiger partial charge in [-0.05, 0) is 76.1 Å². The number of ether oxygens (including phenoxy) is 5. The standard InChI is InChI=1S/C44H50BrN3O7/c1-30-26-47-43-36(30)18-19-38(42(43)45)40(20-22-46-31(2)49)55-41-27-48(44(50)54-28-32-10-5-4-6-11-32)23-21-37(41)33-14-16-35(17-15-33)53-25-9-24-52-29-34-12-7-8-13-39(34)51-3/h4-8,10-19,26,37,40-41,47H,9,20-25,27-29H2,1-3H3,(H,46,49). The summed E-state index contributed by atoms with van der Waals surface area (Å²) in [5, 5.41) is 4.07. The van der Waals surface area contributed by atoms with Gasteiger partial charge in [-0.25, -0.2) is 4.79 Å². The average molecular weight is 813 g/mol. The summed E-state index contributed by atoms with van der Waals surface area (Å²) >= 11 is 3.87. The summed E-state index contributed by atoms with van der Waals surface area (Å²) in [4.78, 5) is 30.5. The fraction of sp³-hybridized carbons (Fsp3) is 0.364. The van der Waals surface area contributed by atoms with Crippen LogP contribution in [0.3, 0.4) is 0 Å². The van der Waals surface area contributed by atoms with Crippen molar-refractivity contribution in [1.29, 1.82) is 0 Å². The lowest BCUT2D eigenvalue weighted by Gasteiger charge is -2.40. The van der Waals surface area contributed by atoms with Crippen LogP contribution in [-0.4, -0.2) is 67.9 Å². The molecule has 1 aliphatic rings. The third-order valence-electron chi connectivity index (χ3n) is 9.98. The van der Waals surface area contributed by atoms with Crippen molar-refractivity contribution in [3.63, 3.8) is 0 Å². The first kappa shape index (κ1) is 39.8. The van der Waals surface area contributed by atoms with E-state index in [9.17, 15) is 9.59 Å². The normalized spacial score (nSPS) is 16.1. The molecule has 11 heteroatoms. The Morgan fingerprint density at radius 1 is 0.964 bits per heavy atom. The van der Waals surface area contributed by atoms with Crippen molar-refractivity contribution in [3.05, 3.63) is 129 Å². The van der Waals surface area contributed by atoms with Crippen LogP contribution in [0.2, 0.25) is 0 Å². The molecule has 2 amide bonds. The van der Waals surface area contributed by atoms with Crippen LogP contribution < -0.4 is 14.8 Å². The number of nitrogens with zero attached hydrogens (tertiary/aromatic N) is 1. The highest BCUT2D eigenvalue weighted by Gasteiger charge is 2.36. The van der Waals surface area contributed by atoms with Crippen LogP contribution in [0.4, 0.5) is 4.79 Å². The van der Waals surface area contributed by atoms with Gasteiger partial charge in [0, 0.05) is 54.0 Å². The maximum atomic E-state index is 13.4. The number of carbonyl (C=O) groups is 2. The average Bonchev–Trinajstić information content (AvgIpc) is 3.59. The molecule has 55 heavy (non-hydrogen) atoms. The van der Waals surface area contributed by atoms with E-state index >= 15 is 0 Å². The van der Waals surface area contributed by atoms with Crippen LogP contribution in [-0.2, 0) is 32.2 Å². The molecular weight excluding hydrogens is 762 g/mol. The second-order valence-corrected chi connectivity index (χ2v) is 14.6. The van der Waals surface area contributed by atoms with Gasteiger partial charge in [-0.1, -0.05) is 72.8 Å². The maximum absolute atomic E-state index is 13.4. The number of aryl methyl sites for hydroxylation is 1. The molecule has 3 atom stereocenters. The number of carbonyl (C=O) groups excluding carboxylic acids is 2. The monoisotopic (exact) mass is 811 g/mol. The van der Waals surface area contributed by atoms with Gasteiger partial charge < -0.3 is 38.9 Å². The Hall–Kier alpha value is -4.84. The Balaban J connectivity index is 1.15. The highest BCUT2D eigenvalue weighted by atomic mass is 79.9. The lowest BCUT2D eigenvalue weighted by Crippen LogP contribution is -2.47. The lowest BCUT2D eigenvalue weighted by molar-refractivity contribution is -0.119. The van der Waals surface area contributed by atoms with E-state index in [2.05, 4.69) is 57.4 Å². The largest absolute Gasteiger partial charge is 0.496 e. The van der Waals surface area contributed by atoms with E-state index in [1.807, 2.05) is 72.9 Å². The molecule has 10 nitrogen and oxygen atoms in total. The second-order valence-electron chi connectivity index (χ2n) is 13.8. The number of nitrogens with one attached hydrogen (secondary N) is 2. The lowest BCUT2D eigenvalue weighted by atomic mass is 9.86. The number of aromatic nitrogens is 1. The van der Waals surface area contributed by atoms with Gasteiger partial charge in [0.1, 0.15) is 18.1 Å². The Labute approximate surface area is 331 Å². The van der Waals surface area contributed by atoms with Crippen LogP contribution in [0.5, 0.6) is 11.5 Å². The van der Waals surface area contributed by atoms with Gasteiger partial charge >= 0.3 is 6.09 Å². The van der Waals surface area contributed by atoms with Crippen LogP contribution in [0.25, 0.3) is 10.9 Å². The van der Waals surface area contributed by atoms with Crippen molar-refractivity contribution in [1.82, 2.24) is 15.2 Å². The number of para-hydroxylation sites is 1. The van der Waals surface area contributed by atoms with Gasteiger partial charge in [0.15, 0.2) is 0 Å². The number of benzene rings is 4. The number of aromatic amines is 1. The van der Waals surface area contributed by atoms with Crippen LogP contribution >= 0.6 is 15.9 Å². The molecule has 3 unspecified atom stereocenters. The highest BCUT2D eigenvalue weighted by molar-refractivity contribution is 9.10. The zero-order valence-electron chi connectivity index (χ0n) is 31.7. The van der Waals surface area contributed by atoms with E-state index in [1.54, 1.807) is 12.0 Å². The Bertz CT molecular complexity index is 2000. The quantitative estimate of drug-likeness (QED) is 0.0903. The van der Waals surface area contributed by atoms with E-state index in [0.29, 0.717) is 52.3 Å². The zero-order chi connectivity index (χ0) is 38.6. The number of H-pyrrole nitrogens is 1. The molecule has 4 aromatic carbocycles. The SMILES string of the molecule is COc1ccccc1COCCCOc1ccc(C2CCN(C(=O)OCc3ccccc3)CC2OC(CCNC(C)=O)c2ccc3c(C)c[nH]c3c2Br)cc1. The summed E-state index contributed by atoms with van der Waals surface area (Å²) in [5.41, 5.74) is 6.16. The number of methoxy groups -OCH3 is 1. The Morgan fingerprint density at radius 2 is 1.75 bits per heavy atom. The van der Waals surface area contributed by atoms with Gasteiger partial charge in [0.2, 0.25) is 5.91 Å². The first-order chi connectivity index (χ1) is 26.8. The summed E-state index contributed by atoms with van der Waals surface area (Å²) in [6, 6.07) is 29.9. The second kappa shape index (κ2) is 19.7. The van der Waals surface area contributed by atoms with Gasteiger partial charge in [-0.3, -0.25) is 4.79 Å². The van der Waals surface area contributed by atoms with Crippen molar-refractivity contribution in [2.75, 3.05) is 40.0 Å². The number of hydrogen-bond acceptors (Lipinski definition) is 7. The number of halogens is 1. The van der Waals surface area contributed by atoms with Gasteiger partial charge in [-0.15, -0.1) is 0 Å². The molecule has 290 valence electrons. The Morgan fingerprint density at radius 3 is 2.53 bits per heavy atom. The van der Waals surface area contributed by atoms with E-state index < -0.39 is 0 Å². The first-order valence-corrected chi connectivity index (χ1v) is 19.6. The van der Waals surface area contributed by atoms with Crippen LogP contribution in [0.15, 0.2) is 102 Å². The van der Waals surface area contributed by atoms with Crippen LogP contribution in [0, 0.1) is 6.92 Å². The minimum Gasteiger partial charge on any atom is -0.496 e. The van der Waals surface area contributed by atoms with Crippen molar-refractivity contribution in [2.24, 2.45) is 0 Å². The first-order valence-electron chi connectivity index (χ1n) is 18.8. The molecule has 0 radical (unpaired) electrons. The predicted octanol–water partition coefficient (Wildman–Crippen LogP) is 9.01. The molecule has 0 spiro atoms. The van der Waals surface area contributed by atoms with Crippen molar-refractivity contribution in [3.8, 4) is 11.5 Å². The zero-order valence-corrected chi connectivity index (χ0v) is 33.3. The third-order valence-corrected chi connectivity index (χ3v) is 10.8. The summed E-state index contributed by atoms with van der Waals surface area (Å²) in [6.07, 6.45) is 2.85. The van der Waals surface area contributed by atoms with Crippen molar-refractivity contribution >= 4 is 38.8 Å². The summed E-state index contributed by atoms with van der Waals surface area (Å²) in [7, 11) is 1.66. The van der Waals surface area contributed by atoms with Crippen LogP contribution in [0.1, 0.15) is 66.0 Å². The van der Waals surface area contributed by atoms with Crippen molar-refractivity contribution in [2.45, 2.75) is 64.4 Å². The van der Waals surface area contributed by atoms with Gasteiger partial charge in [0.25, 0.3) is 0 Å². The van der Waals surface area contributed by atoms with E-state index in [4.69, 9.17) is 23.7 Å². The predicted molar refractivity (Wildman–Crippen MR) is 216 cm³/mol. The third kappa shape index (κ3) is 10.7. The topological polar surface area (TPSA) is 111 Å². The molecular formula is C44H50BrN3O7. The summed E-state index contributed by atoms with van der Waals surface area (Å²) in [6.45, 7) is 6.67. The Kier molecular flexibility index (Phi) is 14.2. The smallest absolute Gasteiger partial charge is 0.410 e. The van der Waals surface area contributed by atoms with Crippen molar-refractivity contribution < 1.29 is 33.3 Å². The molecule has 0 bridgehead atoms. The van der Waals surface area contributed by atoms with Gasteiger partial charge in [0.05, 0.1) is 51.2 Å². The molecule has 1 aliphatic heterocycles. The molecule has 0 aliphatic carbocycles. The molecule has 1 aromatic heterocycles. The number of piperidine rings is 1. The number of rotatable bonds is 17. The fourth-order valence-electron chi connectivity index (χ4n) is 7.03. The number of hydrogen-bond donors (Lipinski definition) is 2. The minimum absolute atomic E-state index is 0.00546. The van der Waals surface area contributed by atoms with E-state index in [-0.39, 0.29) is 36.7 Å². The molecule has 5 aromatic rings. The summed E-state index contributed by atoms with van der Waals surface area (Å²) < 4.78 is 31.1. The molecule has 2 N–H and O–H groups in total. The number of fused-ring (bicyclic) bond motifs is 1. The number of amides is 2. The fourth-order valence-corrected chi connectivity index (χ4v) is 7.75. The molecule has 1 saturated heterocycles. The maximum Gasteiger partial charge on any atom is 0.410 e. The van der Waals surface area contributed by atoms with E-state index in [1.165, 1.54) is 6.92 Å². The van der Waals surface area contributed by atoms with Gasteiger partial charge in [-0.2, -0.15) is 0 Å². The molecule has 2 heterocycles. The number of likely N-dealkylation sites (tertiary alicyclic amines) is 1. The highest BCUT2D eigenvalue weighted by Crippen LogP contribution is 2.39. The van der Waals surface area contributed by atoms with E-state index in [0.717, 1.165) is 61.1 Å².